The molecule has 11 nitrogen and oxygen atoms in total. The van der Waals surface area contributed by atoms with E-state index in [9.17, 15) is 27.9 Å². The van der Waals surface area contributed by atoms with Crippen molar-refractivity contribution in [2.24, 2.45) is 0 Å². The number of nitrogens with zero attached hydrogens (tertiary/aromatic N) is 5. The molecule has 0 aliphatic carbocycles. The molecular formula is C27H26F3N7O4. The number of methoxy groups -OCH3 is 1. The molecule has 14 heteroatoms. The fraction of sp³-hybridized carbons (Fsp3) is 0.296. The highest BCUT2D eigenvalue weighted by Gasteiger charge is 2.32. The molecule has 1 aliphatic rings. The third-order valence-electron chi connectivity index (χ3n) is 6.98. The zero-order valence-electron chi connectivity index (χ0n) is 21.9. The number of halogens is 3. The largest absolute Gasteiger partial charge is 0.496 e. The highest BCUT2D eigenvalue weighted by atomic mass is 19.4. The van der Waals surface area contributed by atoms with Gasteiger partial charge < -0.3 is 25.8 Å². The average Bonchev–Trinajstić information content (AvgIpc) is 3.36. The van der Waals surface area contributed by atoms with E-state index in [1.165, 1.54) is 18.3 Å². The van der Waals surface area contributed by atoms with Crippen LogP contribution in [0.25, 0.3) is 22.3 Å². The van der Waals surface area contributed by atoms with Gasteiger partial charge in [-0.1, -0.05) is 24.3 Å². The number of nitrogens with one attached hydrogen (secondary N) is 1. The molecule has 0 saturated carbocycles. The van der Waals surface area contributed by atoms with Gasteiger partial charge in [0, 0.05) is 25.2 Å². The zero-order chi connectivity index (χ0) is 29.3. The summed E-state index contributed by atoms with van der Waals surface area (Å²) < 4.78 is 46.2. The van der Waals surface area contributed by atoms with Crippen LogP contribution in [0.4, 0.5) is 23.8 Å². The fourth-order valence-corrected chi connectivity index (χ4v) is 4.90. The van der Waals surface area contributed by atoms with E-state index in [2.05, 4.69) is 15.3 Å². The second-order valence-corrected chi connectivity index (χ2v) is 9.57. The van der Waals surface area contributed by atoms with Crippen LogP contribution >= 0.6 is 0 Å². The van der Waals surface area contributed by atoms with Gasteiger partial charge in [0.1, 0.15) is 23.6 Å². The minimum Gasteiger partial charge on any atom is -0.496 e. The van der Waals surface area contributed by atoms with Crippen LogP contribution in [-0.2, 0) is 12.7 Å². The monoisotopic (exact) mass is 569 g/mol. The SMILES string of the molecule is COc1ccc(C(F)(F)F)cc1C(=O)NCc1ccc(-c2nn([C@@H]3CCCN(C(=O)O)C3)c3ncnc(N)c23)cc1. The smallest absolute Gasteiger partial charge is 0.416 e. The molecule has 0 radical (unpaired) electrons. The molecule has 5 rings (SSSR count). The predicted molar refractivity (Wildman–Crippen MR) is 142 cm³/mol. The number of nitrogen functional groups attached to an aromatic ring is 1. The summed E-state index contributed by atoms with van der Waals surface area (Å²) in [5.41, 5.74) is 7.42. The Morgan fingerprint density at radius 3 is 2.61 bits per heavy atom. The fourth-order valence-electron chi connectivity index (χ4n) is 4.90. The van der Waals surface area contributed by atoms with Gasteiger partial charge in [0.05, 0.1) is 29.7 Å². The highest BCUT2D eigenvalue weighted by Crippen LogP contribution is 2.34. The summed E-state index contributed by atoms with van der Waals surface area (Å²) in [4.78, 5) is 34.1. The summed E-state index contributed by atoms with van der Waals surface area (Å²) in [6.07, 6.45) is -2.85. The number of hydrogen-bond donors (Lipinski definition) is 3. The quantitative estimate of drug-likeness (QED) is 0.310. The minimum atomic E-state index is -4.60. The Hall–Kier alpha value is -4.88. The average molecular weight is 570 g/mol. The maximum atomic E-state index is 13.2. The van der Waals surface area contributed by atoms with Gasteiger partial charge in [0.2, 0.25) is 0 Å². The number of carbonyl (C=O) groups is 2. The van der Waals surface area contributed by atoms with Crippen LogP contribution in [0, 0.1) is 0 Å². The van der Waals surface area contributed by atoms with Crippen molar-refractivity contribution in [1.29, 1.82) is 0 Å². The summed E-state index contributed by atoms with van der Waals surface area (Å²) in [5, 5.41) is 17.4. The van der Waals surface area contributed by atoms with Crippen molar-refractivity contribution in [3.05, 3.63) is 65.5 Å². The van der Waals surface area contributed by atoms with E-state index in [-0.39, 0.29) is 36.3 Å². The highest BCUT2D eigenvalue weighted by molar-refractivity contribution is 5.98. The lowest BCUT2D eigenvalue weighted by molar-refractivity contribution is -0.137. The van der Waals surface area contributed by atoms with Crippen molar-refractivity contribution in [3.8, 4) is 17.0 Å². The van der Waals surface area contributed by atoms with E-state index >= 15 is 0 Å². The first-order valence-corrected chi connectivity index (χ1v) is 12.7. The van der Waals surface area contributed by atoms with Gasteiger partial charge in [-0.25, -0.2) is 19.4 Å². The molecule has 0 unspecified atom stereocenters. The van der Waals surface area contributed by atoms with Crippen molar-refractivity contribution in [3.63, 3.8) is 0 Å². The second-order valence-electron chi connectivity index (χ2n) is 9.57. The Labute approximate surface area is 231 Å². The first kappa shape index (κ1) is 27.7. The van der Waals surface area contributed by atoms with Gasteiger partial charge in [-0.3, -0.25) is 4.79 Å². The number of hydrogen-bond acceptors (Lipinski definition) is 7. The molecule has 2 amide bonds. The zero-order valence-corrected chi connectivity index (χ0v) is 21.9. The van der Waals surface area contributed by atoms with E-state index in [4.69, 9.17) is 15.6 Å². The Morgan fingerprint density at radius 2 is 1.93 bits per heavy atom. The number of amides is 2. The maximum absolute atomic E-state index is 13.2. The number of nitrogens with two attached hydrogens (primary N) is 1. The number of fused-ring (bicyclic) bond motifs is 1. The normalized spacial score (nSPS) is 15.6. The number of carboxylic acid groups (broad SMARTS) is 1. The van der Waals surface area contributed by atoms with Crippen LogP contribution in [-0.4, -0.2) is 62.0 Å². The van der Waals surface area contributed by atoms with Gasteiger partial charge in [-0.2, -0.15) is 18.3 Å². The Kier molecular flexibility index (Phi) is 7.39. The summed E-state index contributed by atoms with van der Waals surface area (Å²) >= 11 is 0. The second kappa shape index (κ2) is 10.9. The maximum Gasteiger partial charge on any atom is 0.416 e. The number of piperidine rings is 1. The van der Waals surface area contributed by atoms with Crippen molar-refractivity contribution in [2.75, 3.05) is 25.9 Å². The van der Waals surface area contributed by atoms with Crippen LogP contribution in [0.1, 0.15) is 40.4 Å². The van der Waals surface area contributed by atoms with Crippen molar-refractivity contribution < 1.29 is 32.6 Å². The molecule has 1 saturated heterocycles. The molecule has 214 valence electrons. The number of alkyl halides is 3. The molecule has 1 aliphatic heterocycles. The lowest BCUT2D eigenvalue weighted by Gasteiger charge is -2.30. The predicted octanol–water partition coefficient (Wildman–Crippen LogP) is 4.35. The lowest BCUT2D eigenvalue weighted by Crippen LogP contribution is -2.40. The van der Waals surface area contributed by atoms with Gasteiger partial charge in [0.15, 0.2) is 5.65 Å². The number of carbonyl (C=O) groups excluding carboxylic acids is 1. The molecule has 1 fully saturated rings. The molecule has 0 spiro atoms. The summed E-state index contributed by atoms with van der Waals surface area (Å²) in [5.74, 6) is -0.458. The standard InChI is InChI=1S/C27H26F3N7O4/c1-41-20-9-8-17(27(28,29)30)11-19(20)25(38)32-12-15-4-6-16(7-5-15)22-21-23(31)33-14-34-24(21)37(35-22)18-3-2-10-36(13-18)26(39)40/h4-9,11,14,18H,2-3,10,12-13H2,1H3,(H,32,38)(H,39,40)(H2,31,33,34)/t18-/m1/s1. The molecule has 0 bridgehead atoms. The van der Waals surface area contributed by atoms with Crippen molar-refractivity contribution in [1.82, 2.24) is 30.0 Å². The summed E-state index contributed by atoms with van der Waals surface area (Å²) in [6.45, 7) is 0.768. The van der Waals surface area contributed by atoms with Crippen molar-refractivity contribution >= 4 is 28.9 Å². The number of anilines is 1. The Morgan fingerprint density at radius 1 is 1.17 bits per heavy atom. The topological polar surface area (TPSA) is 148 Å². The van der Waals surface area contributed by atoms with Gasteiger partial charge >= 0.3 is 12.3 Å². The number of rotatable bonds is 6. The van der Waals surface area contributed by atoms with Gasteiger partial charge in [-0.15, -0.1) is 0 Å². The third kappa shape index (κ3) is 5.58. The van der Waals surface area contributed by atoms with Gasteiger partial charge in [-0.05, 0) is 36.6 Å². The van der Waals surface area contributed by atoms with Crippen LogP contribution in [0.2, 0.25) is 0 Å². The molecule has 2 aromatic carbocycles. The molecule has 4 N–H and O–H groups in total. The van der Waals surface area contributed by atoms with E-state index in [0.717, 1.165) is 24.6 Å². The van der Waals surface area contributed by atoms with E-state index in [0.29, 0.717) is 40.8 Å². The third-order valence-corrected chi connectivity index (χ3v) is 6.98. The van der Waals surface area contributed by atoms with Crippen LogP contribution in [0.3, 0.4) is 0 Å². The number of likely N-dealkylation sites (tertiary alicyclic amines) is 1. The van der Waals surface area contributed by atoms with E-state index < -0.39 is 23.7 Å². The molecule has 1 atom stereocenters. The van der Waals surface area contributed by atoms with Gasteiger partial charge in [0.25, 0.3) is 5.91 Å². The Balaban J connectivity index is 1.37. The molecule has 3 heterocycles. The summed E-state index contributed by atoms with van der Waals surface area (Å²) in [7, 11) is 1.28. The Bertz CT molecular complexity index is 1610. The number of benzene rings is 2. The minimum absolute atomic E-state index is 0.0255. The molecule has 2 aromatic heterocycles. The molecule has 4 aromatic rings. The lowest BCUT2D eigenvalue weighted by atomic mass is 10.1. The molecule has 41 heavy (non-hydrogen) atoms. The van der Waals surface area contributed by atoms with E-state index in [1.807, 2.05) is 0 Å². The van der Waals surface area contributed by atoms with E-state index in [1.54, 1.807) is 28.9 Å². The first-order valence-electron chi connectivity index (χ1n) is 12.7. The van der Waals surface area contributed by atoms with Crippen LogP contribution < -0.4 is 15.8 Å². The first-order chi connectivity index (χ1) is 19.6. The number of aromatic nitrogens is 4. The van der Waals surface area contributed by atoms with Crippen molar-refractivity contribution in [2.45, 2.75) is 31.6 Å². The summed E-state index contributed by atoms with van der Waals surface area (Å²) in [6, 6.07) is 9.53. The van der Waals surface area contributed by atoms with Crippen LogP contribution in [0.5, 0.6) is 5.75 Å². The molecular weight excluding hydrogens is 543 g/mol. The van der Waals surface area contributed by atoms with Crippen LogP contribution in [0.15, 0.2) is 48.8 Å². The number of ether oxygens (including phenoxy) is 1.